The van der Waals surface area contributed by atoms with Gasteiger partial charge in [0.05, 0.1) is 5.75 Å². The molecule has 0 N–H and O–H groups in total. The average Bonchev–Trinajstić information content (AvgIpc) is 2.56. The van der Waals surface area contributed by atoms with E-state index in [1.807, 2.05) is 13.8 Å². The number of hydrogen-bond donors (Lipinski definition) is 0. The van der Waals surface area contributed by atoms with Crippen molar-refractivity contribution in [1.82, 2.24) is 9.55 Å². The fourth-order valence-corrected chi connectivity index (χ4v) is 2.63. The first-order valence-electron chi connectivity index (χ1n) is 5.20. The van der Waals surface area contributed by atoms with Crippen LogP contribution in [0.5, 0.6) is 0 Å². The lowest BCUT2D eigenvalue weighted by atomic mass is 10.2. The third kappa shape index (κ3) is 4.25. The van der Waals surface area contributed by atoms with Crippen molar-refractivity contribution in [3.05, 3.63) is 12.0 Å². The predicted octanol–water partition coefficient (Wildman–Crippen LogP) is 0.979. The molecule has 0 aliphatic heterocycles. The Balaban J connectivity index is 3.14. The molecule has 18 heavy (non-hydrogen) atoms. The Morgan fingerprint density at radius 2 is 1.89 bits per heavy atom. The second-order valence-electron chi connectivity index (χ2n) is 4.35. The Morgan fingerprint density at radius 3 is 2.28 bits per heavy atom. The van der Waals surface area contributed by atoms with Gasteiger partial charge in [-0.25, -0.2) is 21.8 Å². The van der Waals surface area contributed by atoms with E-state index < -0.39 is 18.9 Å². The standard InChI is InChI=1S/C9H15ClN2O4S2/c1-7(2)9-11-8(18(10,15)16)6-12(9)4-5-17(3,13)14/h6-7H,4-5H2,1-3H3. The van der Waals surface area contributed by atoms with E-state index in [9.17, 15) is 16.8 Å². The number of rotatable bonds is 5. The van der Waals surface area contributed by atoms with Crippen LogP contribution in [0.2, 0.25) is 0 Å². The van der Waals surface area contributed by atoms with Gasteiger partial charge in [-0.1, -0.05) is 13.8 Å². The van der Waals surface area contributed by atoms with Crippen molar-refractivity contribution in [3.8, 4) is 0 Å². The van der Waals surface area contributed by atoms with Crippen LogP contribution in [0.15, 0.2) is 11.2 Å². The molecule has 0 saturated heterocycles. The molecular formula is C9H15ClN2O4S2. The molecule has 9 heteroatoms. The zero-order chi connectivity index (χ0) is 14.1. The highest BCUT2D eigenvalue weighted by molar-refractivity contribution is 8.13. The zero-order valence-corrected chi connectivity index (χ0v) is 12.7. The van der Waals surface area contributed by atoms with Crippen LogP contribution in [0.4, 0.5) is 0 Å². The van der Waals surface area contributed by atoms with E-state index in [1.54, 1.807) is 0 Å². The molecule has 6 nitrogen and oxygen atoms in total. The third-order valence-corrected chi connectivity index (χ3v) is 4.35. The van der Waals surface area contributed by atoms with Crippen molar-refractivity contribution < 1.29 is 16.8 Å². The number of hydrogen-bond acceptors (Lipinski definition) is 5. The fraction of sp³-hybridized carbons (Fsp3) is 0.667. The van der Waals surface area contributed by atoms with Gasteiger partial charge in [0.15, 0.2) is 5.03 Å². The van der Waals surface area contributed by atoms with Crippen molar-refractivity contribution in [2.24, 2.45) is 0 Å². The summed E-state index contributed by atoms with van der Waals surface area (Å²) < 4.78 is 46.1. The van der Waals surface area contributed by atoms with E-state index in [0.29, 0.717) is 5.82 Å². The second kappa shape index (κ2) is 5.18. The van der Waals surface area contributed by atoms with E-state index in [1.165, 1.54) is 10.8 Å². The Labute approximate surface area is 111 Å². The van der Waals surface area contributed by atoms with Gasteiger partial charge in [-0.15, -0.1) is 0 Å². The minimum absolute atomic E-state index is 0.0308. The molecule has 0 fully saturated rings. The van der Waals surface area contributed by atoms with Crippen LogP contribution < -0.4 is 0 Å². The van der Waals surface area contributed by atoms with E-state index in [0.717, 1.165) is 6.26 Å². The van der Waals surface area contributed by atoms with Crippen LogP contribution in [-0.4, -0.2) is 38.4 Å². The van der Waals surface area contributed by atoms with E-state index in [-0.39, 0.29) is 23.2 Å². The first kappa shape index (κ1) is 15.5. The molecule has 104 valence electrons. The van der Waals surface area contributed by atoms with Gasteiger partial charge in [-0.3, -0.25) is 0 Å². The lowest BCUT2D eigenvalue weighted by molar-refractivity contribution is 0.588. The topological polar surface area (TPSA) is 86.1 Å². The number of sulfone groups is 1. The summed E-state index contributed by atoms with van der Waals surface area (Å²) >= 11 is 0. The van der Waals surface area contributed by atoms with Gasteiger partial charge in [0, 0.05) is 35.6 Å². The predicted molar refractivity (Wildman–Crippen MR) is 69.1 cm³/mol. The van der Waals surface area contributed by atoms with Gasteiger partial charge in [-0.05, 0) is 0 Å². The highest BCUT2D eigenvalue weighted by Crippen LogP contribution is 2.19. The summed E-state index contributed by atoms with van der Waals surface area (Å²) in [6.07, 6.45) is 2.39. The number of imidazole rings is 1. The fourth-order valence-electron chi connectivity index (χ4n) is 1.43. The van der Waals surface area contributed by atoms with E-state index >= 15 is 0 Å². The summed E-state index contributed by atoms with van der Waals surface area (Å²) in [6.45, 7) is 3.83. The van der Waals surface area contributed by atoms with Crippen LogP contribution in [0.1, 0.15) is 25.6 Å². The summed E-state index contributed by atoms with van der Waals surface area (Å²) in [7, 11) is -1.81. The maximum Gasteiger partial charge on any atom is 0.280 e. The van der Waals surface area contributed by atoms with Crippen molar-refractivity contribution in [2.45, 2.75) is 31.3 Å². The molecule has 0 aliphatic carbocycles. The largest absolute Gasteiger partial charge is 0.332 e. The third-order valence-electron chi connectivity index (χ3n) is 2.25. The summed E-state index contributed by atoms with van der Waals surface area (Å²) in [5.41, 5.74) is 0. The SMILES string of the molecule is CC(C)c1nc(S(=O)(=O)Cl)cn1CCS(C)(=O)=O. The van der Waals surface area contributed by atoms with E-state index in [4.69, 9.17) is 10.7 Å². The van der Waals surface area contributed by atoms with Gasteiger partial charge in [0.2, 0.25) is 0 Å². The Bertz CT molecular complexity index is 632. The van der Waals surface area contributed by atoms with Gasteiger partial charge < -0.3 is 4.57 Å². The normalized spacial score (nSPS) is 13.2. The van der Waals surface area contributed by atoms with Gasteiger partial charge in [0.25, 0.3) is 9.05 Å². The lowest BCUT2D eigenvalue weighted by Gasteiger charge is -2.08. The highest BCUT2D eigenvalue weighted by atomic mass is 35.7. The zero-order valence-electron chi connectivity index (χ0n) is 10.3. The molecule has 0 amide bonds. The molecule has 1 aromatic rings. The monoisotopic (exact) mass is 314 g/mol. The van der Waals surface area contributed by atoms with Crippen LogP contribution in [0, 0.1) is 0 Å². The molecule has 1 rings (SSSR count). The number of aryl methyl sites for hydroxylation is 1. The maximum absolute atomic E-state index is 11.2. The maximum atomic E-state index is 11.2. The summed E-state index contributed by atoms with van der Waals surface area (Å²) in [5.74, 6) is 0.389. The minimum Gasteiger partial charge on any atom is -0.332 e. The van der Waals surface area contributed by atoms with Crippen molar-refractivity contribution >= 4 is 29.6 Å². The van der Waals surface area contributed by atoms with Crippen molar-refractivity contribution in [1.29, 1.82) is 0 Å². The molecule has 1 aromatic heterocycles. The second-order valence-corrected chi connectivity index (χ2v) is 9.13. The summed E-state index contributed by atoms with van der Waals surface area (Å²) in [4.78, 5) is 3.93. The Morgan fingerprint density at radius 1 is 1.33 bits per heavy atom. The summed E-state index contributed by atoms with van der Waals surface area (Å²) in [6, 6.07) is 0. The Kier molecular flexibility index (Phi) is 4.45. The van der Waals surface area contributed by atoms with Crippen molar-refractivity contribution in [2.75, 3.05) is 12.0 Å². The summed E-state index contributed by atoms with van der Waals surface area (Å²) in [5, 5.41) is -0.249. The van der Waals surface area contributed by atoms with Crippen molar-refractivity contribution in [3.63, 3.8) is 0 Å². The number of halogens is 1. The van der Waals surface area contributed by atoms with E-state index in [2.05, 4.69) is 4.98 Å². The molecule has 0 bridgehead atoms. The molecule has 0 unspecified atom stereocenters. The van der Waals surface area contributed by atoms with Gasteiger partial charge in [0.1, 0.15) is 15.7 Å². The smallest absolute Gasteiger partial charge is 0.280 e. The van der Waals surface area contributed by atoms with Crippen LogP contribution in [-0.2, 0) is 25.4 Å². The molecule has 0 aromatic carbocycles. The van der Waals surface area contributed by atoms with Crippen LogP contribution in [0.3, 0.4) is 0 Å². The molecule has 1 heterocycles. The molecular weight excluding hydrogens is 300 g/mol. The molecule has 0 aliphatic rings. The Hall–Kier alpha value is -0.600. The molecule has 0 saturated carbocycles. The highest BCUT2D eigenvalue weighted by Gasteiger charge is 2.20. The minimum atomic E-state index is -3.90. The van der Waals surface area contributed by atoms with Gasteiger partial charge in [-0.2, -0.15) is 0 Å². The molecule has 0 spiro atoms. The molecule has 0 radical (unpaired) electrons. The lowest BCUT2D eigenvalue weighted by Crippen LogP contribution is -2.13. The number of nitrogens with zero attached hydrogens (tertiary/aromatic N) is 2. The first-order chi connectivity index (χ1) is 8.00. The first-order valence-corrected chi connectivity index (χ1v) is 9.57. The van der Waals surface area contributed by atoms with Crippen LogP contribution in [0.25, 0.3) is 0 Å². The van der Waals surface area contributed by atoms with Gasteiger partial charge >= 0.3 is 0 Å². The average molecular weight is 315 g/mol. The molecule has 0 atom stereocenters. The van der Waals surface area contributed by atoms with Crippen LogP contribution >= 0.6 is 10.7 Å². The quantitative estimate of drug-likeness (QED) is 0.756. The number of aromatic nitrogens is 2.